The number of likely N-dealkylation sites (tertiary alicyclic amines) is 1. The quantitative estimate of drug-likeness (QED) is 0.624. The second-order valence-electron chi connectivity index (χ2n) is 8.76. The normalized spacial score (nSPS) is 25.4. The number of carbonyl (C=O) groups is 2. The Bertz CT molecular complexity index is 678. The monoisotopic (exact) mass is 388 g/mol. The summed E-state index contributed by atoms with van der Waals surface area (Å²) in [5.74, 6) is 1.01. The van der Waals surface area contributed by atoms with Gasteiger partial charge in [-0.15, -0.1) is 0 Å². The van der Waals surface area contributed by atoms with Crippen LogP contribution in [0, 0.1) is 19.8 Å². The highest BCUT2D eigenvalue weighted by atomic mass is 16.2. The van der Waals surface area contributed by atoms with Crippen LogP contribution in [-0.2, 0) is 9.59 Å². The first-order chi connectivity index (χ1) is 13.4. The number of carbonyl (C=O) groups excluding carboxylic acids is 2. The molecule has 2 aliphatic rings. The number of para-hydroxylation sites is 1. The molecule has 2 aliphatic heterocycles. The molecule has 1 aromatic rings. The Kier molecular flexibility index (Phi) is 7.08. The van der Waals surface area contributed by atoms with Crippen LogP contribution < -0.4 is 15.1 Å². The van der Waals surface area contributed by atoms with Gasteiger partial charge in [0.25, 0.3) is 11.8 Å². The van der Waals surface area contributed by atoms with E-state index in [9.17, 15) is 9.59 Å². The molecule has 154 valence electrons. The van der Waals surface area contributed by atoms with E-state index in [1.54, 1.807) is 0 Å². The van der Waals surface area contributed by atoms with Crippen LogP contribution in [0.4, 0.5) is 5.69 Å². The fourth-order valence-corrected chi connectivity index (χ4v) is 4.47. The number of piperidine rings is 1. The van der Waals surface area contributed by atoms with Crippen LogP contribution in [0.5, 0.6) is 0 Å². The molecule has 6 nitrogen and oxygen atoms in total. The molecule has 0 aromatic heterocycles. The van der Waals surface area contributed by atoms with Crippen LogP contribution >= 0.6 is 0 Å². The van der Waals surface area contributed by atoms with Gasteiger partial charge in [0.2, 0.25) is 0 Å². The van der Waals surface area contributed by atoms with Gasteiger partial charge < -0.3 is 20.0 Å². The number of quaternary nitrogens is 2. The van der Waals surface area contributed by atoms with E-state index in [0.29, 0.717) is 24.9 Å². The van der Waals surface area contributed by atoms with Gasteiger partial charge in [0.05, 0.1) is 0 Å². The topological polar surface area (TPSA) is 58.3 Å². The zero-order valence-electron chi connectivity index (χ0n) is 17.6. The van der Waals surface area contributed by atoms with Gasteiger partial charge in [-0.1, -0.05) is 25.1 Å². The van der Waals surface area contributed by atoms with Gasteiger partial charge in [0.15, 0.2) is 13.1 Å². The molecule has 2 heterocycles. The maximum atomic E-state index is 12.6. The Morgan fingerprint density at radius 3 is 2.29 bits per heavy atom. The fraction of sp³-hybridized carbons (Fsp3) is 0.636. The van der Waals surface area contributed by atoms with Gasteiger partial charge in [0, 0.05) is 18.8 Å². The molecule has 1 aromatic carbocycles. The molecule has 3 N–H and O–H groups in total. The molecule has 0 bridgehead atoms. The predicted octanol–water partition coefficient (Wildman–Crippen LogP) is -0.716. The van der Waals surface area contributed by atoms with Crippen molar-refractivity contribution in [1.82, 2.24) is 4.90 Å². The standard InChI is InChI=1S/C22H34N4O2/c1-17-6-5-9-26(14-17)21(28)16-25-12-10-24(11-13-25)15-20(27)23-22-18(2)7-4-8-19(22)3/h4,7-8,17H,5-6,9-16H2,1-3H3,(H,23,27)/p+2/t17-/m1/s1. The highest BCUT2D eigenvalue weighted by Crippen LogP contribution is 2.19. The SMILES string of the molecule is Cc1cccc(C)c1NC(=O)C[NH+]1CC[NH+](CC(=O)N2CCC[C@@H](C)C2)CC1. The average molecular weight is 389 g/mol. The maximum Gasteiger partial charge on any atom is 0.279 e. The van der Waals surface area contributed by atoms with Crippen LogP contribution in [0.25, 0.3) is 0 Å². The summed E-state index contributed by atoms with van der Waals surface area (Å²) in [6.07, 6.45) is 2.37. The summed E-state index contributed by atoms with van der Waals surface area (Å²) in [6, 6.07) is 6.06. The fourth-order valence-electron chi connectivity index (χ4n) is 4.47. The number of rotatable bonds is 5. The molecule has 0 unspecified atom stereocenters. The lowest BCUT2D eigenvalue weighted by Gasteiger charge is -2.33. The Morgan fingerprint density at radius 1 is 1.07 bits per heavy atom. The van der Waals surface area contributed by atoms with E-state index < -0.39 is 0 Å². The molecular weight excluding hydrogens is 352 g/mol. The molecule has 0 radical (unpaired) electrons. The smallest absolute Gasteiger partial charge is 0.279 e. The molecule has 1 atom stereocenters. The van der Waals surface area contributed by atoms with Crippen LogP contribution in [0.15, 0.2) is 18.2 Å². The number of nitrogens with one attached hydrogen (secondary N) is 3. The third-order valence-electron chi connectivity index (χ3n) is 6.23. The highest BCUT2D eigenvalue weighted by molar-refractivity contribution is 5.93. The number of anilines is 1. The van der Waals surface area contributed by atoms with E-state index in [1.807, 2.05) is 32.0 Å². The molecule has 0 spiro atoms. The number of benzene rings is 1. The van der Waals surface area contributed by atoms with Crippen molar-refractivity contribution in [3.05, 3.63) is 29.3 Å². The van der Waals surface area contributed by atoms with E-state index >= 15 is 0 Å². The summed E-state index contributed by atoms with van der Waals surface area (Å²) >= 11 is 0. The first-order valence-electron chi connectivity index (χ1n) is 10.7. The molecule has 2 fully saturated rings. The van der Waals surface area contributed by atoms with E-state index in [2.05, 4.69) is 17.1 Å². The number of piperazine rings is 1. The largest absolute Gasteiger partial charge is 0.338 e. The third-order valence-corrected chi connectivity index (χ3v) is 6.23. The Morgan fingerprint density at radius 2 is 1.68 bits per heavy atom. The minimum absolute atomic E-state index is 0.0780. The second-order valence-corrected chi connectivity index (χ2v) is 8.76. The molecule has 2 amide bonds. The summed E-state index contributed by atoms with van der Waals surface area (Å²) in [6.45, 7) is 13.0. The minimum Gasteiger partial charge on any atom is -0.338 e. The molecule has 3 rings (SSSR count). The number of hydrogen-bond donors (Lipinski definition) is 3. The summed E-state index contributed by atoms with van der Waals surface area (Å²) in [7, 11) is 0. The van der Waals surface area contributed by atoms with Crippen molar-refractivity contribution < 1.29 is 19.4 Å². The van der Waals surface area contributed by atoms with Crippen molar-refractivity contribution in [1.29, 1.82) is 0 Å². The molecule has 0 aliphatic carbocycles. The van der Waals surface area contributed by atoms with E-state index in [-0.39, 0.29) is 5.91 Å². The van der Waals surface area contributed by atoms with Crippen LogP contribution in [0.2, 0.25) is 0 Å². The summed E-state index contributed by atoms with van der Waals surface area (Å²) in [5, 5.41) is 3.09. The molecular formula is C22H36N4O2+2. The Labute approximate surface area is 168 Å². The number of aryl methyl sites for hydroxylation is 2. The van der Waals surface area contributed by atoms with E-state index in [4.69, 9.17) is 0 Å². The van der Waals surface area contributed by atoms with Gasteiger partial charge in [-0.2, -0.15) is 0 Å². The average Bonchev–Trinajstić information content (AvgIpc) is 2.66. The molecule has 6 heteroatoms. The zero-order chi connectivity index (χ0) is 20.1. The van der Waals surface area contributed by atoms with Crippen molar-refractivity contribution in [2.24, 2.45) is 5.92 Å². The van der Waals surface area contributed by atoms with E-state index in [1.165, 1.54) is 16.2 Å². The zero-order valence-corrected chi connectivity index (χ0v) is 17.6. The van der Waals surface area contributed by atoms with Gasteiger partial charge in [-0.05, 0) is 43.7 Å². The second kappa shape index (κ2) is 9.52. The van der Waals surface area contributed by atoms with Gasteiger partial charge in [-0.3, -0.25) is 9.59 Å². The number of nitrogens with zero attached hydrogens (tertiary/aromatic N) is 1. The third kappa shape index (κ3) is 5.55. The molecule has 0 saturated carbocycles. The van der Waals surface area contributed by atoms with Crippen molar-refractivity contribution in [2.45, 2.75) is 33.6 Å². The predicted molar refractivity (Wildman–Crippen MR) is 111 cm³/mol. The first-order valence-corrected chi connectivity index (χ1v) is 10.7. The first kappa shape index (κ1) is 20.8. The lowest BCUT2D eigenvalue weighted by atomic mass is 10.0. The summed E-state index contributed by atoms with van der Waals surface area (Å²) in [4.78, 5) is 29.8. The van der Waals surface area contributed by atoms with Gasteiger partial charge in [0.1, 0.15) is 26.2 Å². The highest BCUT2D eigenvalue weighted by Gasteiger charge is 2.29. The summed E-state index contributed by atoms with van der Waals surface area (Å²) in [5.41, 5.74) is 3.14. The van der Waals surface area contributed by atoms with Crippen LogP contribution in [-0.4, -0.2) is 69.1 Å². The number of hydrogen-bond acceptors (Lipinski definition) is 2. The van der Waals surface area contributed by atoms with Crippen molar-refractivity contribution >= 4 is 17.5 Å². The lowest BCUT2D eigenvalue weighted by Crippen LogP contribution is -3.28. The van der Waals surface area contributed by atoms with E-state index in [0.717, 1.165) is 62.5 Å². The lowest BCUT2D eigenvalue weighted by molar-refractivity contribution is -1.00. The van der Waals surface area contributed by atoms with Crippen LogP contribution in [0.1, 0.15) is 30.9 Å². The van der Waals surface area contributed by atoms with Crippen molar-refractivity contribution in [2.75, 3.05) is 57.7 Å². The Balaban J connectivity index is 1.41. The minimum atomic E-state index is 0.0780. The summed E-state index contributed by atoms with van der Waals surface area (Å²) < 4.78 is 0. The van der Waals surface area contributed by atoms with Crippen molar-refractivity contribution in [3.63, 3.8) is 0 Å². The van der Waals surface area contributed by atoms with Crippen LogP contribution in [0.3, 0.4) is 0 Å². The van der Waals surface area contributed by atoms with Crippen molar-refractivity contribution in [3.8, 4) is 0 Å². The van der Waals surface area contributed by atoms with Gasteiger partial charge >= 0.3 is 0 Å². The van der Waals surface area contributed by atoms with Gasteiger partial charge in [-0.25, -0.2) is 0 Å². The number of amides is 2. The molecule has 2 saturated heterocycles. The maximum absolute atomic E-state index is 12.6. The Hall–Kier alpha value is -1.92. The molecule has 28 heavy (non-hydrogen) atoms.